The lowest BCUT2D eigenvalue weighted by Crippen LogP contribution is -2.40. The summed E-state index contributed by atoms with van der Waals surface area (Å²) in [7, 11) is 1.66. The van der Waals surface area contributed by atoms with Crippen LogP contribution in [0.3, 0.4) is 0 Å². The number of carbonyl (C=O) groups is 1. The van der Waals surface area contributed by atoms with E-state index in [-0.39, 0.29) is 11.8 Å². The molecular formula is C14H19N5O. The van der Waals surface area contributed by atoms with Crippen molar-refractivity contribution in [1.29, 1.82) is 5.26 Å². The van der Waals surface area contributed by atoms with Crippen LogP contribution in [0.2, 0.25) is 0 Å². The Morgan fingerprint density at radius 3 is 2.55 bits per heavy atom. The highest BCUT2D eigenvalue weighted by Gasteiger charge is 2.27. The first kappa shape index (κ1) is 14.3. The average molecular weight is 273 g/mol. The average Bonchev–Trinajstić information content (AvgIpc) is 2.49. The number of anilines is 1. The summed E-state index contributed by atoms with van der Waals surface area (Å²) in [5.41, 5.74) is 2.26. The number of nitrogens with zero attached hydrogens (tertiary/aromatic N) is 4. The van der Waals surface area contributed by atoms with Crippen molar-refractivity contribution in [2.75, 3.05) is 25.0 Å². The van der Waals surface area contributed by atoms with E-state index in [2.05, 4.69) is 26.5 Å². The fraction of sp³-hybridized carbons (Fsp3) is 0.571. The maximum absolute atomic E-state index is 11.6. The largest absolute Gasteiger partial charge is 0.359 e. The lowest BCUT2D eigenvalue weighted by Gasteiger charge is -2.32. The van der Waals surface area contributed by atoms with Crippen LogP contribution in [-0.2, 0) is 4.79 Å². The first-order chi connectivity index (χ1) is 9.58. The van der Waals surface area contributed by atoms with E-state index < -0.39 is 0 Å². The third-order valence-electron chi connectivity index (χ3n) is 3.96. The summed E-state index contributed by atoms with van der Waals surface area (Å²) < 4.78 is 0. The van der Waals surface area contributed by atoms with Gasteiger partial charge in [0.25, 0.3) is 0 Å². The fourth-order valence-corrected chi connectivity index (χ4v) is 2.51. The number of aryl methyl sites for hydroxylation is 1. The monoisotopic (exact) mass is 273 g/mol. The zero-order valence-electron chi connectivity index (χ0n) is 12.1. The minimum Gasteiger partial charge on any atom is -0.359 e. The minimum atomic E-state index is 0.0568. The molecule has 1 aliphatic rings. The normalized spacial score (nSPS) is 15.8. The number of nitriles is 1. The Morgan fingerprint density at radius 2 is 2.00 bits per heavy atom. The van der Waals surface area contributed by atoms with Gasteiger partial charge in [-0.15, -0.1) is 5.10 Å². The van der Waals surface area contributed by atoms with Crippen molar-refractivity contribution >= 4 is 11.7 Å². The van der Waals surface area contributed by atoms with Gasteiger partial charge < -0.3 is 10.2 Å². The molecule has 0 unspecified atom stereocenters. The van der Waals surface area contributed by atoms with E-state index in [0.717, 1.165) is 37.2 Å². The summed E-state index contributed by atoms with van der Waals surface area (Å²) in [6, 6.07) is 2.22. The second-order valence-electron chi connectivity index (χ2n) is 5.10. The molecule has 1 N–H and O–H groups in total. The van der Waals surface area contributed by atoms with Crippen molar-refractivity contribution < 1.29 is 4.79 Å². The molecule has 1 aromatic heterocycles. The standard InChI is InChI=1S/C14H19N5O/c1-9-10(2)17-18-13(12(9)8-15)19-6-4-11(5-7-19)14(20)16-3/h11H,4-7H2,1-3H3,(H,16,20). The van der Waals surface area contributed by atoms with Crippen molar-refractivity contribution in [3.63, 3.8) is 0 Å². The van der Waals surface area contributed by atoms with Crippen molar-refractivity contribution in [3.05, 3.63) is 16.8 Å². The number of amides is 1. The van der Waals surface area contributed by atoms with Gasteiger partial charge in [-0.2, -0.15) is 10.4 Å². The second-order valence-corrected chi connectivity index (χ2v) is 5.10. The first-order valence-electron chi connectivity index (χ1n) is 6.79. The third-order valence-corrected chi connectivity index (χ3v) is 3.96. The number of nitrogens with one attached hydrogen (secondary N) is 1. The third kappa shape index (κ3) is 2.57. The summed E-state index contributed by atoms with van der Waals surface area (Å²) in [5.74, 6) is 0.795. The van der Waals surface area contributed by atoms with Gasteiger partial charge in [0, 0.05) is 26.1 Å². The topological polar surface area (TPSA) is 81.9 Å². The van der Waals surface area contributed by atoms with Gasteiger partial charge in [-0.1, -0.05) is 0 Å². The number of hydrogen-bond acceptors (Lipinski definition) is 5. The molecule has 106 valence electrons. The summed E-state index contributed by atoms with van der Waals surface area (Å²) in [6.45, 7) is 5.20. The molecule has 0 radical (unpaired) electrons. The molecule has 1 aliphatic heterocycles. The van der Waals surface area contributed by atoms with Crippen molar-refractivity contribution in [2.45, 2.75) is 26.7 Å². The number of rotatable bonds is 2. The van der Waals surface area contributed by atoms with Crippen molar-refractivity contribution in [3.8, 4) is 6.07 Å². The van der Waals surface area contributed by atoms with Crippen LogP contribution in [-0.4, -0.2) is 36.2 Å². The predicted molar refractivity (Wildman–Crippen MR) is 75.2 cm³/mol. The Kier molecular flexibility index (Phi) is 4.18. The van der Waals surface area contributed by atoms with Crippen LogP contribution >= 0.6 is 0 Å². The van der Waals surface area contributed by atoms with Gasteiger partial charge in [-0.25, -0.2) is 0 Å². The maximum Gasteiger partial charge on any atom is 0.222 e. The van der Waals surface area contributed by atoms with E-state index in [1.807, 2.05) is 13.8 Å². The Bertz CT molecular complexity index is 555. The smallest absolute Gasteiger partial charge is 0.222 e. The highest BCUT2D eigenvalue weighted by atomic mass is 16.1. The summed E-state index contributed by atoms with van der Waals surface area (Å²) >= 11 is 0. The van der Waals surface area contributed by atoms with Gasteiger partial charge in [0.15, 0.2) is 5.82 Å². The van der Waals surface area contributed by atoms with Crippen LogP contribution in [0, 0.1) is 31.1 Å². The van der Waals surface area contributed by atoms with Gasteiger partial charge in [0.1, 0.15) is 11.6 Å². The quantitative estimate of drug-likeness (QED) is 0.866. The minimum absolute atomic E-state index is 0.0568. The van der Waals surface area contributed by atoms with Gasteiger partial charge in [0.2, 0.25) is 5.91 Å². The number of hydrogen-bond donors (Lipinski definition) is 1. The highest BCUT2D eigenvalue weighted by Crippen LogP contribution is 2.26. The zero-order valence-corrected chi connectivity index (χ0v) is 12.1. The Morgan fingerprint density at radius 1 is 1.35 bits per heavy atom. The van der Waals surface area contributed by atoms with Crippen molar-refractivity contribution in [1.82, 2.24) is 15.5 Å². The molecule has 2 rings (SSSR count). The number of aromatic nitrogens is 2. The van der Waals surface area contributed by atoms with Crippen LogP contribution in [0.25, 0.3) is 0 Å². The maximum atomic E-state index is 11.6. The lowest BCUT2D eigenvalue weighted by atomic mass is 9.95. The molecule has 1 fully saturated rings. The van der Waals surface area contributed by atoms with Crippen LogP contribution in [0.1, 0.15) is 29.7 Å². The summed E-state index contributed by atoms with van der Waals surface area (Å²) in [4.78, 5) is 13.7. The molecule has 1 saturated heterocycles. The van der Waals surface area contributed by atoms with Gasteiger partial charge in [-0.05, 0) is 32.3 Å². The van der Waals surface area contributed by atoms with Crippen LogP contribution in [0.5, 0.6) is 0 Å². The molecular weight excluding hydrogens is 254 g/mol. The molecule has 0 aliphatic carbocycles. The Hall–Kier alpha value is -2.16. The van der Waals surface area contributed by atoms with Crippen LogP contribution in [0.4, 0.5) is 5.82 Å². The highest BCUT2D eigenvalue weighted by molar-refractivity contribution is 5.78. The van der Waals surface area contributed by atoms with E-state index in [4.69, 9.17) is 0 Å². The number of piperidine rings is 1. The van der Waals surface area contributed by atoms with E-state index in [1.54, 1.807) is 7.05 Å². The van der Waals surface area contributed by atoms with Gasteiger partial charge >= 0.3 is 0 Å². The molecule has 0 atom stereocenters. The summed E-state index contributed by atoms with van der Waals surface area (Å²) in [5, 5.41) is 20.3. The van der Waals surface area contributed by atoms with E-state index in [1.165, 1.54) is 0 Å². The molecule has 1 amide bonds. The zero-order chi connectivity index (χ0) is 14.7. The Labute approximate surface area is 118 Å². The van der Waals surface area contributed by atoms with Crippen LogP contribution in [0.15, 0.2) is 0 Å². The molecule has 0 spiro atoms. The molecule has 2 heterocycles. The fourth-order valence-electron chi connectivity index (χ4n) is 2.51. The molecule has 0 aromatic carbocycles. The molecule has 0 bridgehead atoms. The first-order valence-corrected chi connectivity index (χ1v) is 6.79. The van der Waals surface area contributed by atoms with Crippen molar-refractivity contribution in [2.24, 2.45) is 5.92 Å². The van der Waals surface area contributed by atoms with Gasteiger partial charge in [0.05, 0.1) is 5.69 Å². The summed E-state index contributed by atoms with van der Waals surface area (Å²) in [6.07, 6.45) is 1.55. The van der Waals surface area contributed by atoms with Gasteiger partial charge in [-0.3, -0.25) is 4.79 Å². The molecule has 20 heavy (non-hydrogen) atoms. The molecule has 6 nitrogen and oxygen atoms in total. The SMILES string of the molecule is CNC(=O)C1CCN(c2nnc(C)c(C)c2C#N)CC1. The molecule has 6 heteroatoms. The number of carbonyl (C=O) groups excluding carboxylic acids is 1. The Balaban J connectivity index is 2.18. The second kappa shape index (κ2) is 5.87. The molecule has 0 saturated carbocycles. The lowest BCUT2D eigenvalue weighted by molar-refractivity contribution is -0.125. The van der Waals surface area contributed by atoms with E-state index >= 15 is 0 Å². The predicted octanol–water partition coefficient (Wildman–Crippen LogP) is 0.928. The van der Waals surface area contributed by atoms with E-state index in [9.17, 15) is 10.1 Å². The van der Waals surface area contributed by atoms with E-state index in [0.29, 0.717) is 11.4 Å². The van der Waals surface area contributed by atoms with Crippen LogP contribution < -0.4 is 10.2 Å². The molecule has 1 aromatic rings.